The second-order valence-electron chi connectivity index (χ2n) is 3.72. The van der Waals surface area contributed by atoms with E-state index in [4.69, 9.17) is 9.47 Å². The van der Waals surface area contributed by atoms with Gasteiger partial charge in [-0.05, 0) is 18.8 Å². The van der Waals surface area contributed by atoms with Gasteiger partial charge in [0.1, 0.15) is 0 Å². The van der Waals surface area contributed by atoms with Gasteiger partial charge in [-0.2, -0.15) is 5.10 Å². The summed E-state index contributed by atoms with van der Waals surface area (Å²) in [5.74, 6) is 1.50. The molecule has 0 atom stereocenters. The minimum atomic E-state index is 0.643. The lowest BCUT2D eigenvalue weighted by atomic mass is 10.0. The van der Waals surface area contributed by atoms with E-state index >= 15 is 0 Å². The predicted molar refractivity (Wildman–Crippen MR) is 52.2 cm³/mol. The number of hydrogen-bond acceptors (Lipinski definition) is 3. The van der Waals surface area contributed by atoms with Crippen molar-refractivity contribution < 1.29 is 9.47 Å². The van der Waals surface area contributed by atoms with E-state index < -0.39 is 0 Å². The van der Waals surface area contributed by atoms with Crippen LogP contribution in [0.1, 0.15) is 12.8 Å². The van der Waals surface area contributed by atoms with Gasteiger partial charge in [-0.25, -0.2) is 0 Å². The number of aryl methyl sites for hydroxylation is 1. The van der Waals surface area contributed by atoms with Crippen LogP contribution in [0.25, 0.3) is 0 Å². The van der Waals surface area contributed by atoms with Crippen LogP contribution in [-0.4, -0.2) is 29.6 Å². The molecule has 4 heteroatoms. The van der Waals surface area contributed by atoms with E-state index in [0.29, 0.717) is 5.92 Å². The van der Waals surface area contributed by atoms with Crippen LogP contribution in [0.15, 0.2) is 12.4 Å². The van der Waals surface area contributed by atoms with Crippen LogP contribution in [0.4, 0.5) is 0 Å². The van der Waals surface area contributed by atoms with Gasteiger partial charge in [0, 0.05) is 20.3 Å². The summed E-state index contributed by atoms with van der Waals surface area (Å²) >= 11 is 0. The van der Waals surface area contributed by atoms with E-state index in [-0.39, 0.29) is 0 Å². The van der Waals surface area contributed by atoms with Crippen molar-refractivity contribution in [2.24, 2.45) is 13.0 Å². The minimum absolute atomic E-state index is 0.643. The Bertz CT molecular complexity index is 279. The first-order valence-corrected chi connectivity index (χ1v) is 5.04. The van der Waals surface area contributed by atoms with Crippen molar-refractivity contribution in [3.8, 4) is 5.75 Å². The maximum atomic E-state index is 5.63. The van der Waals surface area contributed by atoms with E-state index in [1.165, 1.54) is 0 Å². The van der Waals surface area contributed by atoms with Crippen LogP contribution < -0.4 is 4.74 Å². The second-order valence-corrected chi connectivity index (χ2v) is 3.72. The van der Waals surface area contributed by atoms with Crippen molar-refractivity contribution in [3.63, 3.8) is 0 Å². The lowest BCUT2D eigenvalue weighted by Crippen LogP contribution is -2.21. The van der Waals surface area contributed by atoms with Crippen molar-refractivity contribution in [2.75, 3.05) is 19.8 Å². The molecule has 0 spiro atoms. The van der Waals surface area contributed by atoms with Crippen molar-refractivity contribution in [1.29, 1.82) is 0 Å². The van der Waals surface area contributed by atoms with Crippen LogP contribution in [0, 0.1) is 5.92 Å². The zero-order chi connectivity index (χ0) is 9.80. The summed E-state index contributed by atoms with van der Waals surface area (Å²) in [6, 6.07) is 0. The molecule has 0 aliphatic carbocycles. The van der Waals surface area contributed by atoms with Crippen LogP contribution in [0.3, 0.4) is 0 Å². The number of aromatic nitrogens is 2. The van der Waals surface area contributed by atoms with Crippen molar-refractivity contribution >= 4 is 0 Å². The van der Waals surface area contributed by atoms with Gasteiger partial charge in [0.15, 0.2) is 5.75 Å². The second kappa shape index (κ2) is 4.46. The monoisotopic (exact) mass is 196 g/mol. The highest BCUT2D eigenvalue weighted by Crippen LogP contribution is 2.16. The molecule has 0 unspecified atom stereocenters. The van der Waals surface area contributed by atoms with Gasteiger partial charge in [0.25, 0.3) is 0 Å². The molecule has 0 bridgehead atoms. The third kappa shape index (κ3) is 2.48. The first-order valence-electron chi connectivity index (χ1n) is 5.04. The van der Waals surface area contributed by atoms with Crippen molar-refractivity contribution in [1.82, 2.24) is 9.78 Å². The topological polar surface area (TPSA) is 36.3 Å². The van der Waals surface area contributed by atoms with E-state index in [9.17, 15) is 0 Å². The van der Waals surface area contributed by atoms with Gasteiger partial charge < -0.3 is 9.47 Å². The van der Waals surface area contributed by atoms with Gasteiger partial charge in [-0.15, -0.1) is 0 Å². The lowest BCUT2D eigenvalue weighted by Gasteiger charge is -2.21. The Morgan fingerprint density at radius 1 is 1.57 bits per heavy atom. The number of hydrogen-bond donors (Lipinski definition) is 0. The fourth-order valence-corrected chi connectivity index (χ4v) is 1.60. The van der Waals surface area contributed by atoms with Gasteiger partial charge >= 0.3 is 0 Å². The fraction of sp³-hybridized carbons (Fsp3) is 0.700. The highest BCUT2D eigenvalue weighted by atomic mass is 16.5. The molecule has 1 aliphatic rings. The molecule has 0 aromatic carbocycles. The Hall–Kier alpha value is -1.03. The van der Waals surface area contributed by atoms with E-state index in [0.717, 1.165) is 38.4 Å². The van der Waals surface area contributed by atoms with Crippen LogP contribution in [0.2, 0.25) is 0 Å². The molecule has 78 valence electrons. The third-order valence-electron chi connectivity index (χ3n) is 2.51. The molecule has 2 rings (SSSR count). The van der Waals surface area contributed by atoms with E-state index in [1.807, 2.05) is 13.2 Å². The molecule has 0 amide bonds. The summed E-state index contributed by atoms with van der Waals surface area (Å²) in [6.45, 7) is 2.54. The van der Waals surface area contributed by atoms with Crippen molar-refractivity contribution in [3.05, 3.63) is 12.4 Å². The average molecular weight is 196 g/mol. The van der Waals surface area contributed by atoms with Gasteiger partial charge in [-0.1, -0.05) is 0 Å². The molecule has 1 fully saturated rings. The van der Waals surface area contributed by atoms with Crippen LogP contribution >= 0.6 is 0 Å². The first-order chi connectivity index (χ1) is 6.84. The predicted octanol–water partition coefficient (Wildman–Crippen LogP) is 1.23. The summed E-state index contributed by atoms with van der Waals surface area (Å²) in [7, 11) is 1.89. The smallest absolute Gasteiger partial charge is 0.157 e. The lowest BCUT2D eigenvalue weighted by molar-refractivity contribution is 0.0497. The summed E-state index contributed by atoms with van der Waals surface area (Å²) in [5, 5.41) is 4.05. The molecule has 1 aliphatic heterocycles. The molecule has 0 radical (unpaired) electrons. The molecular formula is C10H16N2O2. The zero-order valence-electron chi connectivity index (χ0n) is 8.48. The molecule has 4 nitrogen and oxygen atoms in total. The maximum Gasteiger partial charge on any atom is 0.157 e. The molecule has 0 N–H and O–H groups in total. The number of ether oxygens (including phenoxy) is 2. The summed E-state index contributed by atoms with van der Waals surface area (Å²) in [4.78, 5) is 0. The van der Waals surface area contributed by atoms with Gasteiger partial charge in [0.2, 0.25) is 0 Å². The van der Waals surface area contributed by atoms with Gasteiger partial charge in [-0.3, -0.25) is 4.68 Å². The Balaban J connectivity index is 1.76. The molecular weight excluding hydrogens is 180 g/mol. The quantitative estimate of drug-likeness (QED) is 0.729. The molecule has 1 aromatic rings. The normalized spacial score (nSPS) is 18.4. The fourth-order valence-electron chi connectivity index (χ4n) is 1.60. The highest BCUT2D eigenvalue weighted by molar-refractivity contribution is 5.11. The molecule has 14 heavy (non-hydrogen) atoms. The van der Waals surface area contributed by atoms with E-state index in [1.54, 1.807) is 10.9 Å². The largest absolute Gasteiger partial charge is 0.490 e. The van der Waals surface area contributed by atoms with Crippen molar-refractivity contribution in [2.45, 2.75) is 12.8 Å². The summed E-state index contributed by atoms with van der Waals surface area (Å²) in [5.41, 5.74) is 0. The molecule has 0 saturated carbocycles. The Labute approximate surface area is 83.8 Å². The van der Waals surface area contributed by atoms with E-state index in [2.05, 4.69) is 5.10 Å². The Kier molecular flexibility index (Phi) is 3.03. The number of rotatable bonds is 3. The van der Waals surface area contributed by atoms with Crippen LogP contribution in [0.5, 0.6) is 5.75 Å². The molecule has 1 saturated heterocycles. The van der Waals surface area contributed by atoms with Crippen LogP contribution in [-0.2, 0) is 11.8 Å². The standard InChI is InChI=1S/C10H16N2O2/c1-12-7-10(6-11-12)14-8-9-2-4-13-5-3-9/h6-7,9H,2-5,8H2,1H3. The number of nitrogens with zero attached hydrogens (tertiary/aromatic N) is 2. The summed E-state index contributed by atoms with van der Waals surface area (Å²) < 4.78 is 12.7. The van der Waals surface area contributed by atoms with Gasteiger partial charge in [0.05, 0.1) is 19.0 Å². The average Bonchev–Trinajstić information content (AvgIpc) is 2.63. The maximum absolute atomic E-state index is 5.63. The molecule has 1 aromatic heterocycles. The zero-order valence-corrected chi connectivity index (χ0v) is 8.48. The molecule has 2 heterocycles. The third-order valence-corrected chi connectivity index (χ3v) is 2.51. The first kappa shape index (κ1) is 9.52. The summed E-state index contributed by atoms with van der Waals surface area (Å²) in [6.07, 6.45) is 5.86. The minimum Gasteiger partial charge on any atom is -0.490 e. The Morgan fingerprint density at radius 2 is 2.36 bits per heavy atom. The highest BCUT2D eigenvalue weighted by Gasteiger charge is 2.14. The SMILES string of the molecule is Cn1cc(OCC2CCOCC2)cn1. The Morgan fingerprint density at radius 3 is 3.00 bits per heavy atom.